The summed E-state index contributed by atoms with van der Waals surface area (Å²) in [5.74, 6) is 1.64. The molecular formula is C29H31Br2NO5. The molecular weight excluding hydrogens is 602 g/mol. The maximum Gasteiger partial charge on any atom is 0.326 e. The van der Waals surface area contributed by atoms with Gasteiger partial charge in [0.1, 0.15) is 18.0 Å². The van der Waals surface area contributed by atoms with Crippen molar-refractivity contribution in [3.8, 4) is 17.2 Å². The summed E-state index contributed by atoms with van der Waals surface area (Å²) in [6.07, 6.45) is 1.12. The van der Waals surface area contributed by atoms with E-state index >= 15 is 0 Å². The Bertz CT molecular complexity index is 1210. The molecule has 0 aliphatic heterocycles. The van der Waals surface area contributed by atoms with Gasteiger partial charge < -0.3 is 19.1 Å². The Morgan fingerprint density at radius 3 is 2.24 bits per heavy atom. The standard InChI is InChI=1S/C29H31Br2NO5/c1-5-19(3)23-17-22(12-13-26(23)35-4)37-29-24(30)15-21(16-25(29)31)32(18-28(34)36-6-2)27(33)14-20-10-8-7-9-11-20/h7-13,15-17,19H,5-6,14,18H2,1-4H3. The van der Waals surface area contributed by atoms with Crippen LogP contribution in [0.4, 0.5) is 5.69 Å². The molecule has 0 fully saturated rings. The van der Waals surface area contributed by atoms with Crippen LogP contribution in [0.1, 0.15) is 44.2 Å². The Morgan fingerprint density at radius 2 is 1.65 bits per heavy atom. The van der Waals surface area contributed by atoms with Crippen molar-refractivity contribution >= 4 is 49.4 Å². The van der Waals surface area contributed by atoms with Gasteiger partial charge >= 0.3 is 5.97 Å². The number of methoxy groups -OCH3 is 1. The fraction of sp³-hybridized carbons (Fsp3) is 0.310. The Kier molecular flexibility index (Phi) is 10.6. The second-order valence-electron chi connectivity index (χ2n) is 8.50. The van der Waals surface area contributed by atoms with E-state index in [1.807, 2.05) is 48.5 Å². The van der Waals surface area contributed by atoms with Gasteiger partial charge in [0.05, 0.1) is 29.1 Å². The van der Waals surface area contributed by atoms with Gasteiger partial charge in [-0.3, -0.25) is 9.59 Å². The van der Waals surface area contributed by atoms with Crippen LogP contribution < -0.4 is 14.4 Å². The Morgan fingerprint density at radius 1 is 0.973 bits per heavy atom. The summed E-state index contributed by atoms with van der Waals surface area (Å²) in [6, 6.07) is 18.7. The van der Waals surface area contributed by atoms with E-state index < -0.39 is 5.97 Å². The van der Waals surface area contributed by atoms with Crippen molar-refractivity contribution < 1.29 is 23.8 Å². The Labute approximate surface area is 235 Å². The summed E-state index contributed by atoms with van der Waals surface area (Å²) in [4.78, 5) is 27.1. The molecule has 37 heavy (non-hydrogen) atoms. The zero-order valence-electron chi connectivity index (χ0n) is 21.4. The molecule has 0 heterocycles. The average Bonchev–Trinajstić information content (AvgIpc) is 2.89. The third-order valence-electron chi connectivity index (χ3n) is 5.95. The molecule has 0 saturated carbocycles. The number of benzene rings is 3. The molecule has 0 aliphatic carbocycles. The number of carbonyl (C=O) groups excluding carboxylic acids is 2. The second-order valence-corrected chi connectivity index (χ2v) is 10.2. The molecule has 0 aliphatic rings. The molecule has 0 bridgehead atoms. The first-order valence-electron chi connectivity index (χ1n) is 12.1. The van der Waals surface area contributed by atoms with Gasteiger partial charge in [0.2, 0.25) is 5.91 Å². The van der Waals surface area contributed by atoms with E-state index in [-0.39, 0.29) is 25.5 Å². The van der Waals surface area contributed by atoms with Crippen LogP contribution in [0.3, 0.4) is 0 Å². The van der Waals surface area contributed by atoms with Crippen LogP contribution in [0.5, 0.6) is 17.2 Å². The molecule has 0 N–H and O–H groups in total. The minimum atomic E-state index is -0.479. The van der Waals surface area contributed by atoms with Crippen molar-refractivity contribution in [1.29, 1.82) is 0 Å². The van der Waals surface area contributed by atoms with Gasteiger partial charge in [0, 0.05) is 11.3 Å². The van der Waals surface area contributed by atoms with Crippen molar-refractivity contribution in [1.82, 2.24) is 0 Å². The first-order chi connectivity index (χ1) is 17.8. The average molecular weight is 633 g/mol. The molecule has 3 rings (SSSR count). The number of carbonyl (C=O) groups is 2. The van der Waals surface area contributed by atoms with Crippen molar-refractivity contribution in [2.45, 2.75) is 39.5 Å². The van der Waals surface area contributed by atoms with Crippen molar-refractivity contribution in [3.05, 3.63) is 80.7 Å². The van der Waals surface area contributed by atoms with E-state index in [0.717, 1.165) is 23.3 Å². The minimum Gasteiger partial charge on any atom is -0.496 e. The Balaban J connectivity index is 1.92. The third-order valence-corrected chi connectivity index (χ3v) is 7.13. The normalized spacial score (nSPS) is 11.5. The smallest absolute Gasteiger partial charge is 0.326 e. The molecule has 0 aromatic heterocycles. The minimum absolute atomic E-state index is 0.151. The molecule has 0 spiro atoms. The van der Waals surface area contributed by atoms with E-state index in [9.17, 15) is 9.59 Å². The maximum absolute atomic E-state index is 13.3. The number of hydrogen-bond donors (Lipinski definition) is 0. The first kappa shape index (κ1) is 28.7. The van der Waals surface area contributed by atoms with Crippen LogP contribution in [-0.2, 0) is 20.7 Å². The number of ether oxygens (including phenoxy) is 3. The molecule has 0 saturated heterocycles. The summed E-state index contributed by atoms with van der Waals surface area (Å²) in [5, 5.41) is 0. The molecule has 1 atom stereocenters. The lowest BCUT2D eigenvalue weighted by atomic mass is 9.97. The fourth-order valence-corrected chi connectivity index (χ4v) is 5.15. The molecule has 1 amide bonds. The van der Waals surface area contributed by atoms with Crippen molar-refractivity contribution in [2.75, 3.05) is 25.2 Å². The number of rotatable bonds is 11. The van der Waals surface area contributed by atoms with E-state index in [4.69, 9.17) is 14.2 Å². The Hall–Kier alpha value is -2.84. The highest BCUT2D eigenvalue weighted by Crippen LogP contribution is 2.42. The SMILES string of the molecule is CCOC(=O)CN(C(=O)Cc1ccccc1)c1cc(Br)c(Oc2ccc(OC)c(C(C)CC)c2)c(Br)c1. The highest BCUT2D eigenvalue weighted by atomic mass is 79.9. The monoisotopic (exact) mass is 631 g/mol. The quantitative estimate of drug-likeness (QED) is 0.203. The zero-order chi connectivity index (χ0) is 26.9. The molecule has 6 nitrogen and oxygen atoms in total. The summed E-state index contributed by atoms with van der Waals surface area (Å²) in [7, 11) is 1.66. The lowest BCUT2D eigenvalue weighted by molar-refractivity contribution is -0.142. The molecule has 1 unspecified atom stereocenters. The predicted molar refractivity (Wildman–Crippen MR) is 153 cm³/mol. The van der Waals surface area contributed by atoms with Gasteiger partial charge in [0.25, 0.3) is 0 Å². The molecule has 0 radical (unpaired) electrons. The maximum atomic E-state index is 13.3. The lowest BCUT2D eigenvalue weighted by Gasteiger charge is -2.24. The lowest BCUT2D eigenvalue weighted by Crippen LogP contribution is -2.37. The van der Waals surface area contributed by atoms with Gasteiger partial charge in [-0.1, -0.05) is 44.2 Å². The summed E-state index contributed by atoms with van der Waals surface area (Å²) in [6.45, 7) is 6.05. The van der Waals surface area contributed by atoms with E-state index in [1.165, 1.54) is 4.90 Å². The van der Waals surface area contributed by atoms with Crippen molar-refractivity contribution in [2.24, 2.45) is 0 Å². The highest BCUT2D eigenvalue weighted by molar-refractivity contribution is 9.11. The number of amides is 1. The van der Waals surface area contributed by atoms with Crippen LogP contribution >= 0.6 is 31.9 Å². The van der Waals surface area contributed by atoms with Crippen LogP contribution in [0.15, 0.2) is 69.6 Å². The van der Waals surface area contributed by atoms with Gasteiger partial charge in [-0.2, -0.15) is 0 Å². The van der Waals surface area contributed by atoms with Crippen LogP contribution in [0, 0.1) is 0 Å². The molecule has 3 aromatic rings. The fourth-order valence-electron chi connectivity index (χ4n) is 3.82. The molecule has 8 heteroatoms. The topological polar surface area (TPSA) is 65.1 Å². The number of anilines is 1. The number of halogens is 2. The second kappa shape index (κ2) is 13.6. The van der Waals surface area contributed by atoms with Crippen LogP contribution in [-0.4, -0.2) is 32.1 Å². The van der Waals surface area contributed by atoms with Crippen LogP contribution in [0.2, 0.25) is 0 Å². The van der Waals surface area contributed by atoms with Gasteiger partial charge in [-0.05, 0) is 87.0 Å². The number of nitrogens with zero attached hydrogens (tertiary/aromatic N) is 1. The van der Waals surface area contributed by atoms with Gasteiger partial charge in [-0.15, -0.1) is 0 Å². The number of esters is 1. The molecule has 196 valence electrons. The van der Waals surface area contributed by atoms with E-state index in [1.54, 1.807) is 26.2 Å². The number of hydrogen-bond acceptors (Lipinski definition) is 5. The third kappa shape index (κ3) is 7.58. The summed E-state index contributed by atoms with van der Waals surface area (Å²) >= 11 is 7.18. The molecule has 3 aromatic carbocycles. The summed E-state index contributed by atoms with van der Waals surface area (Å²) < 4.78 is 18.1. The van der Waals surface area contributed by atoms with E-state index in [0.29, 0.717) is 32.0 Å². The highest BCUT2D eigenvalue weighted by Gasteiger charge is 2.23. The van der Waals surface area contributed by atoms with Crippen LogP contribution in [0.25, 0.3) is 0 Å². The van der Waals surface area contributed by atoms with Gasteiger partial charge in [0.15, 0.2) is 5.75 Å². The zero-order valence-corrected chi connectivity index (χ0v) is 24.6. The van der Waals surface area contributed by atoms with E-state index in [2.05, 4.69) is 45.7 Å². The first-order valence-corrected chi connectivity index (χ1v) is 13.7. The largest absolute Gasteiger partial charge is 0.496 e. The van der Waals surface area contributed by atoms with Crippen molar-refractivity contribution in [3.63, 3.8) is 0 Å². The summed E-state index contributed by atoms with van der Waals surface area (Å²) in [5.41, 5.74) is 2.46. The predicted octanol–water partition coefficient (Wildman–Crippen LogP) is 7.66. The van der Waals surface area contributed by atoms with Gasteiger partial charge in [-0.25, -0.2) is 0 Å².